The molecule has 6 heteroatoms. The Balaban J connectivity index is 2.44. The van der Waals surface area contributed by atoms with Gasteiger partial charge in [-0.1, -0.05) is 25.6 Å². The van der Waals surface area contributed by atoms with E-state index in [4.69, 9.17) is 0 Å². The monoisotopic (exact) mass is 285 g/mol. The number of aryl methyl sites for hydroxylation is 1. The van der Waals surface area contributed by atoms with Gasteiger partial charge in [-0.05, 0) is 25.8 Å². The molecule has 19 heavy (non-hydrogen) atoms. The van der Waals surface area contributed by atoms with Crippen molar-refractivity contribution in [3.63, 3.8) is 0 Å². The molecule has 0 amide bonds. The summed E-state index contributed by atoms with van der Waals surface area (Å²) < 4.78 is 1.97. The number of carboxylic acid groups (broad SMARTS) is 1. The summed E-state index contributed by atoms with van der Waals surface area (Å²) in [6.07, 6.45) is 5.78. The molecule has 0 radical (unpaired) electrons. The van der Waals surface area contributed by atoms with Crippen LogP contribution in [0.15, 0.2) is 17.6 Å². The van der Waals surface area contributed by atoms with E-state index in [-0.39, 0.29) is 0 Å². The number of nitrogens with zero attached hydrogens (tertiary/aromatic N) is 2. The van der Waals surface area contributed by atoms with E-state index in [9.17, 15) is 9.90 Å². The molecular formula is C13H23N3O2S. The van der Waals surface area contributed by atoms with Gasteiger partial charge in [0.15, 0.2) is 5.16 Å². The van der Waals surface area contributed by atoms with Gasteiger partial charge >= 0.3 is 5.97 Å². The Bertz CT molecular complexity index is 408. The van der Waals surface area contributed by atoms with Crippen LogP contribution in [0.4, 0.5) is 0 Å². The lowest BCUT2D eigenvalue weighted by atomic mass is 9.91. The minimum absolute atomic E-state index is 0.600. The van der Waals surface area contributed by atoms with E-state index in [1.807, 2.05) is 31.7 Å². The molecule has 1 atom stereocenters. The van der Waals surface area contributed by atoms with Crippen LogP contribution in [0.25, 0.3) is 0 Å². The van der Waals surface area contributed by atoms with Gasteiger partial charge in [-0.15, -0.1) is 0 Å². The smallest absolute Gasteiger partial charge is 0.323 e. The first-order valence-corrected chi connectivity index (χ1v) is 7.63. The number of aliphatic carboxylic acids is 1. The maximum Gasteiger partial charge on any atom is 0.323 e. The van der Waals surface area contributed by atoms with Crippen LogP contribution in [0.2, 0.25) is 0 Å². The predicted octanol–water partition coefficient (Wildman–Crippen LogP) is 2.14. The van der Waals surface area contributed by atoms with Crippen LogP contribution in [0, 0.1) is 0 Å². The number of carboxylic acids is 1. The number of rotatable bonds is 9. The molecule has 0 saturated heterocycles. The second kappa shape index (κ2) is 7.55. The van der Waals surface area contributed by atoms with E-state index >= 15 is 0 Å². The minimum atomic E-state index is -0.781. The first-order chi connectivity index (χ1) is 9.05. The Morgan fingerprint density at radius 3 is 2.79 bits per heavy atom. The molecule has 1 rings (SSSR count). The third-order valence-corrected chi connectivity index (χ3v) is 4.43. The Kier molecular flexibility index (Phi) is 6.37. The van der Waals surface area contributed by atoms with Gasteiger partial charge < -0.3 is 15.0 Å². The number of carbonyl (C=O) groups is 1. The molecule has 0 spiro atoms. The first-order valence-electron chi connectivity index (χ1n) is 6.64. The molecule has 5 nitrogen and oxygen atoms in total. The predicted molar refractivity (Wildman–Crippen MR) is 77.5 cm³/mol. The number of aromatic nitrogens is 2. The lowest BCUT2D eigenvalue weighted by molar-refractivity contribution is -0.145. The summed E-state index contributed by atoms with van der Waals surface area (Å²) in [5, 5.41) is 13.5. The zero-order valence-corrected chi connectivity index (χ0v) is 12.7. The highest BCUT2D eigenvalue weighted by atomic mass is 32.2. The quantitative estimate of drug-likeness (QED) is 0.537. The van der Waals surface area contributed by atoms with E-state index in [0.717, 1.165) is 17.3 Å². The molecular weight excluding hydrogens is 262 g/mol. The van der Waals surface area contributed by atoms with Crippen molar-refractivity contribution in [1.82, 2.24) is 14.9 Å². The second-order valence-corrected chi connectivity index (χ2v) is 5.61. The fourth-order valence-corrected chi connectivity index (χ4v) is 2.96. The number of imidazole rings is 1. The van der Waals surface area contributed by atoms with E-state index < -0.39 is 11.5 Å². The van der Waals surface area contributed by atoms with Crippen LogP contribution in [0.1, 0.15) is 33.1 Å². The molecule has 108 valence electrons. The minimum Gasteiger partial charge on any atom is -0.480 e. The van der Waals surface area contributed by atoms with Gasteiger partial charge in [0.05, 0.1) is 0 Å². The van der Waals surface area contributed by atoms with Crippen molar-refractivity contribution in [2.75, 3.05) is 12.3 Å². The average molecular weight is 285 g/mol. The maximum atomic E-state index is 11.4. The van der Waals surface area contributed by atoms with Crippen LogP contribution in [0.5, 0.6) is 0 Å². The van der Waals surface area contributed by atoms with Crippen molar-refractivity contribution >= 4 is 17.7 Å². The largest absolute Gasteiger partial charge is 0.480 e. The number of likely N-dealkylation sites (N-methyl/N-ethyl adjacent to an activating group) is 1. The Hall–Kier alpha value is -1.01. The Morgan fingerprint density at radius 1 is 1.58 bits per heavy atom. The van der Waals surface area contributed by atoms with Gasteiger partial charge in [-0.3, -0.25) is 4.79 Å². The van der Waals surface area contributed by atoms with Gasteiger partial charge in [0.2, 0.25) is 0 Å². The van der Waals surface area contributed by atoms with Crippen molar-refractivity contribution in [2.24, 2.45) is 7.05 Å². The molecule has 2 N–H and O–H groups in total. The molecule has 0 aromatic carbocycles. The summed E-state index contributed by atoms with van der Waals surface area (Å²) >= 11 is 1.67. The highest BCUT2D eigenvalue weighted by Gasteiger charge is 2.34. The van der Waals surface area contributed by atoms with Crippen LogP contribution in [0.3, 0.4) is 0 Å². The second-order valence-electron chi connectivity index (χ2n) is 4.54. The summed E-state index contributed by atoms with van der Waals surface area (Å²) in [6.45, 7) is 4.53. The molecule has 0 aliphatic heterocycles. The fraction of sp³-hybridized carbons (Fsp3) is 0.692. The molecule has 1 aromatic rings. The topological polar surface area (TPSA) is 67.2 Å². The van der Waals surface area contributed by atoms with Crippen molar-refractivity contribution in [3.8, 4) is 0 Å². The van der Waals surface area contributed by atoms with E-state index in [2.05, 4.69) is 10.3 Å². The van der Waals surface area contributed by atoms with Crippen molar-refractivity contribution in [1.29, 1.82) is 0 Å². The molecule has 0 fully saturated rings. The number of nitrogens with one attached hydrogen (secondary N) is 1. The van der Waals surface area contributed by atoms with Gasteiger partial charge in [0.25, 0.3) is 0 Å². The van der Waals surface area contributed by atoms with Crippen LogP contribution >= 0.6 is 11.8 Å². The first kappa shape index (κ1) is 16.0. The maximum absolute atomic E-state index is 11.4. The summed E-state index contributed by atoms with van der Waals surface area (Å²) in [5.74, 6) is 0.129. The highest BCUT2D eigenvalue weighted by Crippen LogP contribution is 2.22. The molecule has 1 aromatic heterocycles. The zero-order valence-electron chi connectivity index (χ0n) is 11.8. The molecule has 0 bridgehead atoms. The fourth-order valence-electron chi connectivity index (χ4n) is 2.09. The number of hydrogen-bond donors (Lipinski definition) is 2. The summed E-state index contributed by atoms with van der Waals surface area (Å²) in [4.78, 5) is 15.7. The summed E-state index contributed by atoms with van der Waals surface area (Å²) in [7, 11) is 1.96. The standard InChI is InChI=1S/C13H23N3O2S/c1-4-13(11(17)18,15-5-2)7-6-10-19-12-14-8-9-16(12)3/h8-9,15H,4-7,10H2,1-3H3,(H,17,18). The van der Waals surface area contributed by atoms with Gasteiger partial charge in [0.1, 0.15) is 5.54 Å². The molecule has 0 saturated carbocycles. The Morgan fingerprint density at radius 2 is 2.32 bits per heavy atom. The van der Waals surface area contributed by atoms with Gasteiger partial charge in [-0.2, -0.15) is 0 Å². The summed E-state index contributed by atoms with van der Waals surface area (Å²) in [6, 6.07) is 0. The lowest BCUT2D eigenvalue weighted by Crippen LogP contribution is -2.51. The third kappa shape index (κ3) is 4.24. The number of thioether (sulfide) groups is 1. The average Bonchev–Trinajstić information content (AvgIpc) is 2.78. The van der Waals surface area contributed by atoms with Crippen molar-refractivity contribution < 1.29 is 9.90 Å². The Labute approximate surface area is 118 Å². The van der Waals surface area contributed by atoms with Crippen molar-refractivity contribution in [3.05, 3.63) is 12.4 Å². The molecule has 1 heterocycles. The SMILES string of the molecule is CCNC(CC)(CCCSc1nccn1C)C(=O)O. The highest BCUT2D eigenvalue weighted by molar-refractivity contribution is 7.99. The van der Waals surface area contributed by atoms with Crippen LogP contribution in [-0.4, -0.2) is 38.5 Å². The van der Waals surface area contributed by atoms with Gasteiger partial charge in [0, 0.05) is 25.2 Å². The van der Waals surface area contributed by atoms with Gasteiger partial charge in [-0.25, -0.2) is 4.98 Å². The summed E-state index contributed by atoms with van der Waals surface area (Å²) in [5.41, 5.74) is -0.781. The normalized spacial score (nSPS) is 14.3. The van der Waals surface area contributed by atoms with Crippen LogP contribution < -0.4 is 5.32 Å². The third-order valence-electron chi connectivity index (χ3n) is 3.28. The van der Waals surface area contributed by atoms with Crippen molar-refractivity contribution in [2.45, 2.75) is 43.8 Å². The molecule has 0 aliphatic carbocycles. The molecule has 1 unspecified atom stereocenters. The van der Waals surface area contributed by atoms with E-state index in [1.165, 1.54) is 0 Å². The number of hydrogen-bond acceptors (Lipinski definition) is 4. The van der Waals surface area contributed by atoms with E-state index in [1.54, 1.807) is 18.0 Å². The molecule has 0 aliphatic rings. The lowest BCUT2D eigenvalue weighted by Gasteiger charge is -2.29. The van der Waals surface area contributed by atoms with E-state index in [0.29, 0.717) is 19.4 Å². The van der Waals surface area contributed by atoms with Crippen LogP contribution in [-0.2, 0) is 11.8 Å². The zero-order chi connectivity index (χ0) is 14.3.